The van der Waals surface area contributed by atoms with E-state index in [-0.39, 0.29) is 29.2 Å². The molecule has 0 aromatic rings. The minimum Gasteiger partial charge on any atom is -0.469 e. The Bertz CT molecular complexity index is 453. The van der Waals surface area contributed by atoms with E-state index in [1.54, 1.807) is 11.8 Å². The summed E-state index contributed by atoms with van der Waals surface area (Å²) in [5.74, 6) is 0.182. The number of thioether (sulfide) groups is 1. The molecule has 6 atom stereocenters. The molecule has 1 saturated heterocycles. The number of hydrogen-bond acceptors (Lipinski definition) is 6. The average molecular weight is 314 g/mol. The summed E-state index contributed by atoms with van der Waals surface area (Å²) in [6.07, 6.45) is 2.65. The minimum absolute atomic E-state index is 0.0199. The Kier molecular flexibility index (Phi) is 3.94. The largest absolute Gasteiger partial charge is 0.469 e. The van der Waals surface area contributed by atoms with Gasteiger partial charge in [0.2, 0.25) is 0 Å². The van der Waals surface area contributed by atoms with E-state index in [4.69, 9.17) is 4.74 Å². The molecule has 0 radical (unpaired) electrons. The molecule has 2 aliphatic carbocycles. The van der Waals surface area contributed by atoms with Gasteiger partial charge >= 0.3 is 11.9 Å². The Hall–Kier alpha value is -0.750. The molecule has 2 saturated carbocycles. The number of methoxy groups -OCH3 is 1. The monoisotopic (exact) mass is 314 g/mol. The molecule has 1 N–H and O–H groups in total. The fourth-order valence-electron chi connectivity index (χ4n) is 4.34. The van der Waals surface area contributed by atoms with Gasteiger partial charge in [0.15, 0.2) is 0 Å². The molecule has 21 heavy (non-hydrogen) atoms. The number of carbonyl (C=O) groups is 2. The zero-order valence-electron chi connectivity index (χ0n) is 12.4. The normalized spacial score (nSPS) is 44.3. The van der Waals surface area contributed by atoms with Gasteiger partial charge in [-0.1, -0.05) is 6.92 Å². The molecular formula is C15H22O5S. The molecule has 0 aromatic carbocycles. The van der Waals surface area contributed by atoms with Gasteiger partial charge in [-0.05, 0) is 31.1 Å². The highest BCUT2D eigenvalue weighted by molar-refractivity contribution is 8.00. The summed E-state index contributed by atoms with van der Waals surface area (Å²) in [5.41, 5.74) is -0.980. The van der Waals surface area contributed by atoms with Crippen LogP contribution in [0.15, 0.2) is 0 Å². The molecule has 0 spiro atoms. The molecule has 0 bridgehead atoms. The fourth-order valence-corrected chi connectivity index (χ4v) is 5.86. The molecular weight excluding hydrogens is 292 g/mol. The zero-order chi connectivity index (χ0) is 15.2. The van der Waals surface area contributed by atoms with Crippen molar-refractivity contribution in [2.24, 2.45) is 17.8 Å². The molecule has 0 aromatic heterocycles. The van der Waals surface area contributed by atoms with Crippen molar-refractivity contribution >= 4 is 23.7 Å². The van der Waals surface area contributed by atoms with Gasteiger partial charge in [0.25, 0.3) is 0 Å². The summed E-state index contributed by atoms with van der Waals surface area (Å²) in [6.45, 7) is 2.13. The van der Waals surface area contributed by atoms with Crippen LogP contribution in [-0.2, 0) is 19.1 Å². The van der Waals surface area contributed by atoms with E-state index < -0.39 is 11.5 Å². The van der Waals surface area contributed by atoms with Crippen molar-refractivity contribution in [3.8, 4) is 0 Å². The lowest BCUT2D eigenvalue weighted by molar-refractivity contribution is -0.145. The first kappa shape index (κ1) is 15.2. The number of rotatable bonds is 4. The van der Waals surface area contributed by atoms with Crippen LogP contribution in [0.1, 0.15) is 32.6 Å². The van der Waals surface area contributed by atoms with E-state index >= 15 is 0 Å². The van der Waals surface area contributed by atoms with Gasteiger partial charge in [-0.2, -0.15) is 11.8 Å². The van der Waals surface area contributed by atoms with Gasteiger partial charge < -0.3 is 14.6 Å². The van der Waals surface area contributed by atoms with Crippen molar-refractivity contribution < 1.29 is 24.2 Å². The number of hydrogen-bond donors (Lipinski definition) is 1. The summed E-state index contributed by atoms with van der Waals surface area (Å²) in [7, 11) is 1.38. The highest BCUT2D eigenvalue weighted by Crippen LogP contribution is 2.58. The van der Waals surface area contributed by atoms with Gasteiger partial charge in [0.1, 0.15) is 17.6 Å². The van der Waals surface area contributed by atoms with Crippen molar-refractivity contribution in [1.29, 1.82) is 0 Å². The van der Waals surface area contributed by atoms with Crippen molar-refractivity contribution in [3.05, 3.63) is 0 Å². The average Bonchev–Trinajstić information content (AvgIpc) is 2.89. The highest BCUT2D eigenvalue weighted by atomic mass is 32.2. The lowest BCUT2D eigenvalue weighted by atomic mass is 9.66. The van der Waals surface area contributed by atoms with Crippen LogP contribution in [-0.4, -0.2) is 46.9 Å². The molecule has 3 fully saturated rings. The first-order valence-electron chi connectivity index (χ1n) is 7.59. The van der Waals surface area contributed by atoms with E-state index in [2.05, 4.69) is 11.7 Å². The first-order chi connectivity index (χ1) is 9.98. The summed E-state index contributed by atoms with van der Waals surface area (Å²) < 4.78 is 10.1. The van der Waals surface area contributed by atoms with Crippen molar-refractivity contribution in [2.75, 3.05) is 12.9 Å². The fraction of sp³-hybridized carbons (Fsp3) is 0.867. The maximum absolute atomic E-state index is 12.2. The van der Waals surface area contributed by atoms with E-state index in [0.717, 1.165) is 19.3 Å². The van der Waals surface area contributed by atoms with Gasteiger partial charge in [-0.15, -0.1) is 0 Å². The van der Waals surface area contributed by atoms with E-state index in [1.165, 1.54) is 7.11 Å². The topological polar surface area (TPSA) is 72.8 Å². The van der Waals surface area contributed by atoms with Crippen molar-refractivity contribution in [3.63, 3.8) is 0 Å². The third-order valence-electron chi connectivity index (χ3n) is 5.35. The summed E-state index contributed by atoms with van der Waals surface area (Å²) in [4.78, 5) is 23.5. The van der Waals surface area contributed by atoms with Crippen LogP contribution in [0, 0.1) is 17.8 Å². The Morgan fingerprint density at radius 1 is 1.52 bits per heavy atom. The quantitative estimate of drug-likeness (QED) is 0.790. The molecule has 3 aliphatic rings. The molecule has 3 rings (SSSR count). The summed E-state index contributed by atoms with van der Waals surface area (Å²) in [6, 6.07) is 0. The zero-order valence-corrected chi connectivity index (χ0v) is 13.2. The third-order valence-corrected chi connectivity index (χ3v) is 6.91. The van der Waals surface area contributed by atoms with Crippen LogP contribution < -0.4 is 0 Å². The Morgan fingerprint density at radius 2 is 2.29 bits per heavy atom. The number of ether oxygens (including phenoxy) is 2. The lowest BCUT2D eigenvalue weighted by Gasteiger charge is -2.44. The second-order valence-electron chi connectivity index (χ2n) is 6.44. The van der Waals surface area contributed by atoms with Crippen LogP contribution in [0.5, 0.6) is 0 Å². The van der Waals surface area contributed by atoms with Gasteiger partial charge in [-0.25, -0.2) is 0 Å². The van der Waals surface area contributed by atoms with Crippen LogP contribution >= 0.6 is 11.8 Å². The maximum Gasteiger partial charge on any atom is 0.313 e. The molecule has 5 nitrogen and oxygen atoms in total. The second kappa shape index (κ2) is 5.47. The number of carbonyl (C=O) groups excluding carboxylic acids is 2. The molecule has 6 unspecified atom stereocenters. The number of aliphatic hydroxyl groups is 1. The Labute approximate surface area is 128 Å². The molecule has 1 aliphatic heterocycles. The van der Waals surface area contributed by atoms with Crippen LogP contribution in [0.25, 0.3) is 0 Å². The molecule has 6 heteroatoms. The van der Waals surface area contributed by atoms with Gasteiger partial charge in [0, 0.05) is 11.0 Å². The predicted octanol–water partition coefficient (Wildman–Crippen LogP) is 1.37. The van der Waals surface area contributed by atoms with Crippen LogP contribution in [0.4, 0.5) is 0 Å². The molecule has 118 valence electrons. The predicted molar refractivity (Wildman–Crippen MR) is 77.7 cm³/mol. The van der Waals surface area contributed by atoms with E-state index in [0.29, 0.717) is 18.1 Å². The maximum atomic E-state index is 12.2. The first-order valence-corrected chi connectivity index (χ1v) is 8.64. The molecule has 0 amide bonds. The Balaban J connectivity index is 1.74. The van der Waals surface area contributed by atoms with Gasteiger partial charge in [-0.3, -0.25) is 9.59 Å². The standard InChI is InChI=1S/C15H22O5S/c1-8-7-9-3-4-10-15(9,18)12(14(17)20-10)13(8)21-6-5-11(16)19-2/h8-10,12-13,18H,3-7H2,1-2H3. The summed E-state index contributed by atoms with van der Waals surface area (Å²) >= 11 is 1.60. The number of esters is 2. The highest BCUT2D eigenvalue weighted by Gasteiger charge is 2.68. The minimum atomic E-state index is -0.980. The lowest BCUT2D eigenvalue weighted by Crippen LogP contribution is -2.55. The van der Waals surface area contributed by atoms with Gasteiger partial charge in [0.05, 0.1) is 13.5 Å². The van der Waals surface area contributed by atoms with Crippen molar-refractivity contribution in [1.82, 2.24) is 0 Å². The van der Waals surface area contributed by atoms with Crippen molar-refractivity contribution in [2.45, 2.75) is 49.6 Å². The molecule has 1 heterocycles. The summed E-state index contributed by atoms with van der Waals surface area (Å²) in [5, 5.41) is 11.1. The van der Waals surface area contributed by atoms with E-state index in [9.17, 15) is 14.7 Å². The smallest absolute Gasteiger partial charge is 0.313 e. The second-order valence-corrected chi connectivity index (χ2v) is 7.73. The SMILES string of the molecule is COC(=O)CCSC1C(C)CC2CCC3OC(=O)C1C23O. The van der Waals surface area contributed by atoms with Crippen LogP contribution in [0.3, 0.4) is 0 Å². The van der Waals surface area contributed by atoms with E-state index in [1.807, 2.05) is 0 Å². The third kappa shape index (κ3) is 2.27. The van der Waals surface area contributed by atoms with Crippen LogP contribution in [0.2, 0.25) is 0 Å². The Morgan fingerprint density at radius 3 is 3.00 bits per heavy atom.